The highest BCUT2D eigenvalue weighted by Crippen LogP contribution is 2.19. The molecule has 1 N–H and O–H groups in total. The molecule has 0 bridgehead atoms. The van der Waals surface area contributed by atoms with E-state index in [9.17, 15) is 9.59 Å². The van der Waals surface area contributed by atoms with Gasteiger partial charge in [-0.1, -0.05) is 18.2 Å². The second-order valence-electron chi connectivity index (χ2n) is 4.66. The molecule has 5 heteroatoms. The molecule has 0 atom stereocenters. The Morgan fingerprint density at radius 3 is 2.64 bits per heavy atom. The molecule has 0 unspecified atom stereocenters. The maximum atomic E-state index is 11.8. The van der Waals surface area contributed by atoms with E-state index in [1.165, 1.54) is 6.07 Å². The van der Waals surface area contributed by atoms with Gasteiger partial charge in [-0.15, -0.1) is 0 Å². The lowest BCUT2D eigenvalue weighted by Gasteiger charge is -2.07. The van der Waals surface area contributed by atoms with Crippen molar-refractivity contribution in [3.63, 3.8) is 0 Å². The van der Waals surface area contributed by atoms with Crippen molar-refractivity contribution in [2.75, 3.05) is 11.9 Å². The molecule has 1 heterocycles. The number of amides is 1. The fourth-order valence-corrected chi connectivity index (χ4v) is 2.00. The van der Waals surface area contributed by atoms with Crippen LogP contribution in [0.4, 0.5) is 5.69 Å². The largest absolute Gasteiger partial charge is 0.484 e. The van der Waals surface area contributed by atoms with Crippen LogP contribution < -0.4 is 15.7 Å². The van der Waals surface area contributed by atoms with E-state index in [2.05, 4.69) is 5.32 Å². The molecule has 0 radical (unpaired) electrons. The molecule has 0 aliphatic carbocycles. The Labute approximate surface area is 126 Å². The van der Waals surface area contributed by atoms with Crippen LogP contribution in [0.1, 0.15) is 0 Å². The number of ether oxygens (including phenoxy) is 1. The molecule has 3 aromatic rings. The zero-order chi connectivity index (χ0) is 15.4. The van der Waals surface area contributed by atoms with Crippen molar-refractivity contribution in [3.05, 3.63) is 71.1 Å². The van der Waals surface area contributed by atoms with Gasteiger partial charge in [0.1, 0.15) is 11.3 Å². The van der Waals surface area contributed by atoms with Gasteiger partial charge in [-0.3, -0.25) is 4.79 Å². The van der Waals surface area contributed by atoms with Crippen LogP contribution in [0, 0.1) is 0 Å². The molecule has 5 nitrogen and oxygen atoms in total. The topological polar surface area (TPSA) is 68.5 Å². The smallest absolute Gasteiger partial charge is 0.336 e. The van der Waals surface area contributed by atoms with Gasteiger partial charge in [0, 0.05) is 23.2 Å². The molecule has 0 saturated carbocycles. The lowest BCUT2D eigenvalue weighted by Crippen LogP contribution is -2.20. The van der Waals surface area contributed by atoms with E-state index in [1.54, 1.807) is 36.4 Å². The van der Waals surface area contributed by atoms with Crippen molar-refractivity contribution < 1.29 is 13.9 Å². The van der Waals surface area contributed by atoms with Gasteiger partial charge >= 0.3 is 5.63 Å². The van der Waals surface area contributed by atoms with Crippen LogP contribution in [0.15, 0.2) is 69.9 Å². The molecular formula is C17H13NO4. The summed E-state index contributed by atoms with van der Waals surface area (Å²) in [5.74, 6) is 0.200. The van der Waals surface area contributed by atoms with Crippen LogP contribution >= 0.6 is 0 Å². The van der Waals surface area contributed by atoms with Crippen LogP contribution in [-0.2, 0) is 4.79 Å². The van der Waals surface area contributed by atoms with E-state index in [0.29, 0.717) is 17.0 Å². The Morgan fingerprint density at radius 1 is 1.05 bits per heavy atom. The number of hydrogen-bond donors (Lipinski definition) is 1. The van der Waals surface area contributed by atoms with Crippen LogP contribution in [-0.4, -0.2) is 12.5 Å². The SMILES string of the molecule is O=C(COc1ccc2ccc(=O)oc2c1)Nc1ccccc1. The molecular weight excluding hydrogens is 282 g/mol. The summed E-state index contributed by atoms with van der Waals surface area (Å²) in [6.07, 6.45) is 0. The average Bonchev–Trinajstić information content (AvgIpc) is 2.53. The summed E-state index contributed by atoms with van der Waals surface area (Å²) in [7, 11) is 0. The Kier molecular flexibility index (Phi) is 3.87. The zero-order valence-electron chi connectivity index (χ0n) is 11.6. The minimum absolute atomic E-state index is 0.128. The second-order valence-corrected chi connectivity index (χ2v) is 4.66. The van der Waals surface area contributed by atoms with Gasteiger partial charge < -0.3 is 14.5 Å². The van der Waals surface area contributed by atoms with Crippen molar-refractivity contribution in [1.82, 2.24) is 0 Å². The van der Waals surface area contributed by atoms with Gasteiger partial charge in [-0.05, 0) is 30.3 Å². The molecule has 0 fully saturated rings. The lowest BCUT2D eigenvalue weighted by atomic mass is 10.2. The molecule has 0 saturated heterocycles. The molecule has 3 rings (SSSR count). The van der Waals surface area contributed by atoms with E-state index in [1.807, 2.05) is 18.2 Å². The van der Waals surface area contributed by atoms with Crippen molar-refractivity contribution in [1.29, 1.82) is 0 Å². The van der Waals surface area contributed by atoms with E-state index >= 15 is 0 Å². The average molecular weight is 295 g/mol. The molecule has 0 spiro atoms. The first-order chi connectivity index (χ1) is 10.7. The highest BCUT2D eigenvalue weighted by atomic mass is 16.5. The summed E-state index contributed by atoms with van der Waals surface area (Å²) >= 11 is 0. The third-order valence-electron chi connectivity index (χ3n) is 3.02. The molecule has 2 aromatic carbocycles. The Balaban J connectivity index is 1.66. The van der Waals surface area contributed by atoms with Gasteiger partial charge in [0.25, 0.3) is 5.91 Å². The molecule has 22 heavy (non-hydrogen) atoms. The number of para-hydroxylation sites is 1. The molecule has 0 aliphatic heterocycles. The number of benzene rings is 2. The number of carbonyl (C=O) groups excluding carboxylic acids is 1. The monoisotopic (exact) mass is 295 g/mol. The number of anilines is 1. The van der Waals surface area contributed by atoms with E-state index in [-0.39, 0.29) is 12.5 Å². The number of rotatable bonds is 4. The maximum absolute atomic E-state index is 11.8. The summed E-state index contributed by atoms with van der Waals surface area (Å²) < 4.78 is 10.5. The lowest BCUT2D eigenvalue weighted by molar-refractivity contribution is -0.118. The summed E-state index contributed by atoms with van der Waals surface area (Å²) in [6.45, 7) is -0.128. The Bertz CT molecular complexity index is 855. The summed E-state index contributed by atoms with van der Waals surface area (Å²) in [4.78, 5) is 23.0. The molecule has 1 aromatic heterocycles. The fraction of sp³-hybridized carbons (Fsp3) is 0.0588. The first-order valence-electron chi connectivity index (χ1n) is 6.72. The summed E-state index contributed by atoms with van der Waals surface area (Å²) in [5.41, 5.74) is 0.709. The number of nitrogens with one attached hydrogen (secondary N) is 1. The number of fused-ring (bicyclic) bond motifs is 1. The number of carbonyl (C=O) groups is 1. The third kappa shape index (κ3) is 3.32. The van der Waals surface area contributed by atoms with Gasteiger partial charge in [0.05, 0.1) is 0 Å². The van der Waals surface area contributed by atoms with Crippen molar-refractivity contribution >= 4 is 22.6 Å². The van der Waals surface area contributed by atoms with Crippen LogP contribution in [0.25, 0.3) is 11.0 Å². The predicted octanol–water partition coefficient (Wildman–Crippen LogP) is 2.81. The first kappa shape index (κ1) is 13.9. The van der Waals surface area contributed by atoms with E-state index in [0.717, 1.165) is 5.39 Å². The minimum Gasteiger partial charge on any atom is -0.484 e. The van der Waals surface area contributed by atoms with Crippen molar-refractivity contribution in [3.8, 4) is 5.75 Å². The van der Waals surface area contributed by atoms with Gasteiger partial charge in [0.2, 0.25) is 0 Å². The number of hydrogen-bond acceptors (Lipinski definition) is 4. The summed E-state index contributed by atoms with van der Waals surface area (Å²) in [5, 5.41) is 3.51. The van der Waals surface area contributed by atoms with Gasteiger partial charge in [-0.25, -0.2) is 4.79 Å². The summed E-state index contributed by atoms with van der Waals surface area (Å²) in [6, 6.07) is 17.2. The van der Waals surface area contributed by atoms with E-state index in [4.69, 9.17) is 9.15 Å². The third-order valence-corrected chi connectivity index (χ3v) is 3.02. The maximum Gasteiger partial charge on any atom is 0.336 e. The van der Waals surface area contributed by atoms with Crippen LogP contribution in [0.2, 0.25) is 0 Å². The van der Waals surface area contributed by atoms with Gasteiger partial charge in [0.15, 0.2) is 6.61 Å². The Morgan fingerprint density at radius 2 is 1.82 bits per heavy atom. The molecule has 110 valence electrons. The highest BCUT2D eigenvalue weighted by molar-refractivity contribution is 5.91. The van der Waals surface area contributed by atoms with Gasteiger partial charge in [-0.2, -0.15) is 0 Å². The van der Waals surface area contributed by atoms with Crippen molar-refractivity contribution in [2.45, 2.75) is 0 Å². The van der Waals surface area contributed by atoms with Crippen LogP contribution in [0.5, 0.6) is 5.75 Å². The molecule has 1 amide bonds. The normalized spacial score (nSPS) is 10.4. The fourth-order valence-electron chi connectivity index (χ4n) is 2.00. The first-order valence-corrected chi connectivity index (χ1v) is 6.72. The second kappa shape index (κ2) is 6.13. The predicted molar refractivity (Wildman–Crippen MR) is 83.1 cm³/mol. The quantitative estimate of drug-likeness (QED) is 0.751. The van der Waals surface area contributed by atoms with E-state index < -0.39 is 5.63 Å². The highest BCUT2D eigenvalue weighted by Gasteiger charge is 2.05. The standard InChI is InChI=1S/C17H13NO4/c19-16(18-13-4-2-1-3-5-13)11-21-14-8-6-12-7-9-17(20)22-15(12)10-14/h1-10H,11H2,(H,18,19). The zero-order valence-corrected chi connectivity index (χ0v) is 11.6. The minimum atomic E-state index is -0.425. The van der Waals surface area contributed by atoms with Crippen LogP contribution in [0.3, 0.4) is 0 Å². The molecule has 0 aliphatic rings. The van der Waals surface area contributed by atoms with Crippen molar-refractivity contribution in [2.24, 2.45) is 0 Å². The Hall–Kier alpha value is -3.08.